The summed E-state index contributed by atoms with van der Waals surface area (Å²) in [7, 11) is 0. The molecule has 49 heavy (non-hydrogen) atoms. The summed E-state index contributed by atoms with van der Waals surface area (Å²) in [6.07, 6.45) is 0. The Morgan fingerprint density at radius 1 is 0.388 bits per heavy atom. The molecule has 0 saturated heterocycles. The maximum Gasteiger partial charge on any atom is 0.193 e. The summed E-state index contributed by atoms with van der Waals surface area (Å²) in [5.41, 5.74) is 12.1. The summed E-state index contributed by atoms with van der Waals surface area (Å²) in [5.74, 6) is -0.0483. The topological polar surface area (TPSA) is 37.4 Å². The van der Waals surface area contributed by atoms with E-state index >= 15 is 0 Å². The highest BCUT2D eigenvalue weighted by molar-refractivity contribution is 6.10. The molecule has 3 heteroatoms. The zero-order valence-corrected chi connectivity index (χ0v) is 27.5. The molecule has 0 spiro atoms. The smallest absolute Gasteiger partial charge is 0.193 e. The minimum absolute atomic E-state index is 0.0242. The van der Waals surface area contributed by atoms with Crippen molar-refractivity contribution in [2.24, 2.45) is 0 Å². The molecular formula is C46H35NO2. The van der Waals surface area contributed by atoms with Crippen molar-refractivity contribution in [3.8, 4) is 22.3 Å². The van der Waals surface area contributed by atoms with Crippen LogP contribution in [0.1, 0.15) is 43.0 Å². The van der Waals surface area contributed by atoms with Gasteiger partial charge in [-0.1, -0.05) is 127 Å². The van der Waals surface area contributed by atoms with Crippen molar-refractivity contribution in [1.29, 1.82) is 0 Å². The maximum absolute atomic E-state index is 13.5. The molecule has 236 valence electrons. The number of hydrogen-bond acceptors (Lipinski definition) is 3. The van der Waals surface area contributed by atoms with Crippen LogP contribution in [0.5, 0.6) is 0 Å². The van der Waals surface area contributed by atoms with Crippen LogP contribution in [0.25, 0.3) is 22.3 Å². The maximum atomic E-state index is 13.5. The van der Waals surface area contributed by atoms with E-state index < -0.39 is 0 Å². The second kappa shape index (κ2) is 13.8. The number of carbonyl (C=O) groups excluding carboxylic acids is 2. The highest BCUT2D eigenvalue weighted by Gasteiger charge is 2.18. The highest BCUT2D eigenvalue weighted by atomic mass is 16.1. The Kier molecular flexibility index (Phi) is 8.82. The molecule has 0 radical (unpaired) electrons. The van der Waals surface area contributed by atoms with Crippen LogP contribution >= 0.6 is 0 Å². The molecule has 0 unspecified atom stereocenters. The molecule has 7 aromatic carbocycles. The second-order valence-corrected chi connectivity index (χ2v) is 12.3. The summed E-state index contributed by atoms with van der Waals surface area (Å²) in [4.78, 5) is 29.1. The molecule has 3 nitrogen and oxygen atoms in total. The molecule has 0 aliphatic carbocycles. The van der Waals surface area contributed by atoms with Crippen LogP contribution < -0.4 is 4.90 Å². The van der Waals surface area contributed by atoms with Gasteiger partial charge in [0.25, 0.3) is 0 Å². The highest BCUT2D eigenvalue weighted by Crippen LogP contribution is 2.37. The molecule has 0 N–H and O–H groups in total. The van der Waals surface area contributed by atoms with Crippen LogP contribution in [-0.2, 0) is 0 Å². The normalized spacial score (nSPS) is 10.8. The lowest BCUT2D eigenvalue weighted by Gasteiger charge is -2.27. The van der Waals surface area contributed by atoms with E-state index in [4.69, 9.17) is 0 Å². The summed E-state index contributed by atoms with van der Waals surface area (Å²) in [6.45, 7) is 4.18. The van der Waals surface area contributed by atoms with E-state index in [2.05, 4.69) is 61.2 Å². The van der Waals surface area contributed by atoms with Crippen molar-refractivity contribution in [3.05, 3.63) is 209 Å². The number of aryl methyl sites for hydroxylation is 2. The van der Waals surface area contributed by atoms with Gasteiger partial charge in [-0.15, -0.1) is 0 Å². The summed E-state index contributed by atoms with van der Waals surface area (Å²) >= 11 is 0. The lowest BCUT2D eigenvalue weighted by Crippen LogP contribution is -2.12. The Morgan fingerprint density at radius 2 is 0.735 bits per heavy atom. The largest absolute Gasteiger partial charge is 0.310 e. The molecule has 0 aliphatic heterocycles. The summed E-state index contributed by atoms with van der Waals surface area (Å²) in [6, 6.07) is 57.7. The number of benzene rings is 7. The van der Waals surface area contributed by atoms with Gasteiger partial charge in [-0.05, 0) is 96.3 Å². The third-order valence-corrected chi connectivity index (χ3v) is 8.88. The predicted octanol–water partition coefficient (Wildman–Crippen LogP) is 11.6. The van der Waals surface area contributed by atoms with Gasteiger partial charge in [0, 0.05) is 39.3 Å². The molecule has 0 saturated carbocycles. The fourth-order valence-corrected chi connectivity index (χ4v) is 6.23. The number of nitrogens with zero attached hydrogens (tertiary/aromatic N) is 1. The van der Waals surface area contributed by atoms with E-state index in [0.29, 0.717) is 22.3 Å². The van der Waals surface area contributed by atoms with Gasteiger partial charge in [-0.2, -0.15) is 0 Å². The minimum atomic E-state index is -0.0242. The quantitative estimate of drug-likeness (QED) is 0.148. The van der Waals surface area contributed by atoms with Gasteiger partial charge in [0.1, 0.15) is 0 Å². The first-order valence-electron chi connectivity index (χ1n) is 16.4. The lowest BCUT2D eigenvalue weighted by molar-refractivity contribution is 0.103. The Balaban J connectivity index is 1.15. The van der Waals surface area contributed by atoms with Gasteiger partial charge in [0.2, 0.25) is 0 Å². The van der Waals surface area contributed by atoms with Gasteiger partial charge in [-0.25, -0.2) is 0 Å². The predicted molar refractivity (Wildman–Crippen MR) is 201 cm³/mol. The number of ketones is 2. The standard InChI is InChI=1S/C46H35NO2/c1-32-13-30-44(33(2)31-32)47(42-26-22-40(23-27-42)45(48)38-18-14-36(15-19-38)34-9-5-3-6-10-34)43-28-24-41(25-29-43)46(49)39-20-16-37(17-21-39)35-11-7-4-8-12-35/h3-31H,1-2H3. The third kappa shape index (κ3) is 6.74. The number of carbonyl (C=O) groups is 2. The molecule has 0 fully saturated rings. The van der Waals surface area contributed by atoms with Crippen molar-refractivity contribution in [1.82, 2.24) is 0 Å². The van der Waals surface area contributed by atoms with Gasteiger partial charge in [-0.3, -0.25) is 9.59 Å². The van der Waals surface area contributed by atoms with Crippen LogP contribution in [0.2, 0.25) is 0 Å². The van der Waals surface area contributed by atoms with Gasteiger partial charge < -0.3 is 4.90 Å². The van der Waals surface area contributed by atoms with Crippen molar-refractivity contribution < 1.29 is 9.59 Å². The lowest BCUT2D eigenvalue weighted by atomic mass is 9.98. The summed E-state index contributed by atoms with van der Waals surface area (Å²) < 4.78 is 0. The molecule has 0 atom stereocenters. The van der Waals surface area contributed by atoms with Gasteiger partial charge in [0.15, 0.2) is 11.6 Å². The molecule has 0 amide bonds. The fraction of sp³-hybridized carbons (Fsp3) is 0.0435. The Hall–Kier alpha value is -6.32. The van der Waals surface area contributed by atoms with Crippen molar-refractivity contribution >= 4 is 28.6 Å². The molecule has 7 rings (SSSR count). The van der Waals surface area contributed by atoms with E-state index in [0.717, 1.165) is 44.9 Å². The van der Waals surface area contributed by atoms with Crippen LogP contribution in [-0.4, -0.2) is 11.6 Å². The van der Waals surface area contributed by atoms with Crippen LogP contribution in [0.15, 0.2) is 176 Å². The molecule has 0 bridgehead atoms. The van der Waals surface area contributed by atoms with Crippen molar-refractivity contribution in [2.75, 3.05) is 4.90 Å². The van der Waals surface area contributed by atoms with E-state index in [1.165, 1.54) is 5.56 Å². The third-order valence-electron chi connectivity index (χ3n) is 8.88. The first kappa shape index (κ1) is 31.3. The van der Waals surface area contributed by atoms with Crippen LogP contribution in [0.3, 0.4) is 0 Å². The SMILES string of the molecule is Cc1ccc(N(c2ccc(C(=O)c3ccc(-c4ccccc4)cc3)cc2)c2ccc(C(=O)c3ccc(-c4ccccc4)cc3)cc2)c(C)c1. The second-order valence-electron chi connectivity index (χ2n) is 12.3. The zero-order chi connectivity index (χ0) is 33.7. The molecule has 7 aromatic rings. The Morgan fingerprint density at radius 3 is 1.10 bits per heavy atom. The average Bonchev–Trinajstić information content (AvgIpc) is 3.16. The number of hydrogen-bond donors (Lipinski definition) is 0. The molecule has 0 aromatic heterocycles. The Bertz CT molecular complexity index is 2080. The monoisotopic (exact) mass is 633 g/mol. The first-order chi connectivity index (χ1) is 23.9. The van der Waals surface area contributed by atoms with Crippen molar-refractivity contribution in [2.45, 2.75) is 13.8 Å². The minimum Gasteiger partial charge on any atom is -0.310 e. The molecule has 0 heterocycles. The van der Waals surface area contributed by atoms with E-state index in [-0.39, 0.29) is 11.6 Å². The van der Waals surface area contributed by atoms with Crippen LogP contribution in [0.4, 0.5) is 17.1 Å². The van der Waals surface area contributed by atoms with Gasteiger partial charge >= 0.3 is 0 Å². The van der Waals surface area contributed by atoms with E-state index in [1.54, 1.807) is 0 Å². The first-order valence-corrected chi connectivity index (χ1v) is 16.4. The van der Waals surface area contributed by atoms with Gasteiger partial charge in [0.05, 0.1) is 0 Å². The van der Waals surface area contributed by atoms with Crippen LogP contribution in [0, 0.1) is 13.8 Å². The summed E-state index contributed by atoms with van der Waals surface area (Å²) in [5, 5.41) is 0. The molecule has 0 aliphatic rings. The van der Waals surface area contributed by atoms with E-state index in [1.807, 2.05) is 133 Å². The number of anilines is 3. The van der Waals surface area contributed by atoms with E-state index in [9.17, 15) is 9.59 Å². The Labute approximate surface area is 287 Å². The van der Waals surface area contributed by atoms with Crippen molar-refractivity contribution in [3.63, 3.8) is 0 Å². The fourth-order valence-electron chi connectivity index (χ4n) is 6.23. The molecular weight excluding hydrogens is 599 g/mol. The average molecular weight is 634 g/mol. The zero-order valence-electron chi connectivity index (χ0n) is 27.5. The number of rotatable bonds is 9.